The monoisotopic (exact) mass is 551 g/mol. The highest BCUT2D eigenvalue weighted by Gasteiger charge is 2.74. The zero-order valence-electron chi connectivity index (χ0n) is 23.5. The number of thioether (sulfide) groups is 1. The van der Waals surface area contributed by atoms with Crippen LogP contribution in [0.25, 0.3) is 0 Å². The number of aliphatic hydroxyl groups is 1. The third-order valence-electron chi connectivity index (χ3n) is 9.14. The van der Waals surface area contributed by atoms with Crippen LogP contribution in [0.3, 0.4) is 0 Å². The lowest BCUT2D eigenvalue weighted by atomic mass is 9.74. The first-order valence-corrected chi connectivity index (χ1v) is 15.2. The van der Waals surface area contributed by atoms with Crippen LogP contribution in [0.1, 0.15) is 52.5 Å². The SMILES string of the molecule is CCCC(C)N1CC=C[C@]23S[C@]4(C)C=CCN(Cc5ccccc5)C(=O)[C@@H]4[C@H]2C(=O)N([C@@H](CC)CO)C3C1=O. The zero-order valence-corrected chi connectivity index (χ0v) is 24.3. The lowest BCUT2D eigenvalue weighted by molar-refractivity contribution is -0.148. The maximum Gasteiger partial charge on any atom is 0.247 e. The molecule has 2 saturated heterocycles. The molecule has 4 aliphatic heterocycles. The Hall–Kier alpha value is -2.58. The van der Waals surface area contributed by atoms with Crippen molar-refractivity contribution >= 4 is 29.5 Å². The van der Waals surface area contributed by atoms with E-state index in [-0.39, 0.29) is 30.4 Å². The van der Waals surface area contributed by atoms with Gasteiger partial charge in [-0.25, -0.2) is 0 Å². The van der Waals surface area contributed by atoms with Crippen molar-refractivity contribution in [3.05, 3.63) is 60.2 Å². The van der Waals surface area contributed by atoms with Crippen molar-refractivity contribution in [2.75, 3.05) is 19.7 Å². The number of hydrogen-bond donors (Lipinski definition) is 1. The first-order valence-electron chi connectivity index (χ1n) is 14.3. The first-order chi connectivity index (χ1) is 18.7. The summed E-state index contributed by atoms with van der Waals surface area (Å²) in [6.07, 6.45) is 10.6. The van der Waals surface area contributed by atoms with E-state index in [9.17, 15) is 19.5 Å². The van der Waals surface area contributed by atoms with E-state index in [1.807, 2.05) is 59.2 Å². The molecule has 1 aromatic carbocycles. The fraction of sp³-hybridized carbons (Fsp3) is 0.581. The summed E-state index contributed by atoms with van der Waals surface area (Å²) in [5.74, 6) is -1.61. The van der Waals surface area contributed by atoms with Gasteiger partial charge in [0.15, 0.2) is 0 Å². The molecule has 1 spiro atoms. The number of fused-ring (bicyclic) bond motifs is 2. The van der Waals surface area contributed by atoms with Gasteiger partial charge in [0.25, 0.3) is 0 Å². The maximum atomic E-state index is 14.5. The number of likely N-dealkylation sites (tertiary alicyclic amines) is 1. The molecule has 5 rings (SSSR count). The van der Waals surface area contributed by atoms with Crippen LogP contribution in [0.15, 0.2) is 54.6 Å². The van der Waals surface area contributed by atoms with Crippen LogP contribution >= 0.6 is 11.8 Å². The van der Waals surface area contributed by atoms with Gasteiger partial charge in [-0.1, -0.05) is 74.9 Å². The molecule has 0 aromatic heterocycles. The third kappa shape index (κ3) is 4.44. The largest absolute Gasteiger partial charge is 0.394 e. The lowest BCUT2D eigenvalue weighted by Crippen LogP contribution is -2.57. The molecule has 0 aliphatic carbocycles. The number of nitrogens with zero attached hydrogens (tertiary/aromatic N) is 3. The van der Waals surface area contributed by atoms with E-state index < -0.39 is 33.4 Å². The number of aliphatic hydroxyl groups excluding tert-OH is 1. The van der Waals surface area contributed by atoms with Gasteiger partial charge in [0.1, 0.15) is 6.04 Å². The second-order valence-electron chi connectivity index (χ2n) is 11.6. The Balaban J connectivity index is 1.60. The minimum atomic E-state index is -0.882. The highest BCUT2D eigenvalue weighted by atomic mass is 32.2. The summed E-state index contributed by atoms with van der Waals surface area (Å²) in [5, 5.41) is 10.3. The van der Waals surface area contributed by atoms with Crippen LogP contribution in [0, 0.1) is 11.8 Å². The summed E-state index contributed by atoms with van der Waals surface area (Å²) < 4.78 is -1.52. The normalized spacial score (nSPS) is 33.5. The van der Waals surface area contributed by atoms with Gasteiger partial charge >= 0.3 is 0 Å². The van der Waals surface area contributed by atoms with Crippen LogP contribution in [0.5, 0.6) is 0 Å². The van der Waals surface area contributed by atoms with E-state index in [2.05, 4.69) is 32.9 Å². The molecule has 3 amide bonds. The number of carbonyl (C=O) groups excluding carboxylic acids is 3. The standard InChI is InChI=1S/C31H41N3O4S/c1-5-12-21(3)33-18-11-16-31-25(28(37)34(23(6-2)20-35)26(31)29(33)38)24-27(36)32(17-10-15-30(24,4)39-31)19-22-13-8-7-9-14-22/h7-11,13-16,21,23-26,35H,5-6,12,17-20H2,1-4H3/t21?,23-,24-,25-,26?,30+,31-/m0/s1. The van der Waals surface area contributed by atoms with Gasteiger partial charge in [0.05, 0.1) is 29.2 Å². The van der Waals surface area contributed by atoms with Crippen molar-refractivity contribution in [1.29, 1.82) is 0 Å². The Bertz CT molecular complexity index is 1170. The molecule has 7 nitrogen and oxygen atoms in total. The molecule has 210 valence electrons. The third-order valence-corrected chi connectivity index (χ3v) is 10.9. The molecule has 2 unspecified atom stereocenters. The van der Waals surface area contributed by atoms with E-state index in [1.54, 1.807) is 16.7 Å². The quantitative estimate of drug-likeness (QED) is 0.499. The molecule has 7 atom stereocenters. The molecular weight excluding hydrogens is 510 g/mol. The predicted molar refractivity (Wildman–Crippen MR) is 154 cm³/mol. The number of benzene rings is 1. The van der Waals surface area contributed by atoms with E-state index in [0.29, 0.717) is 26.1 Å². The average Bonchev–Trinajstić information content (AvgIpc) is 3.19. The second-order valence-corrected chi connectivity index (χ2v) is 13.4. The minimum Gasteiger partial charge on any atom is -0.394 e. The summed E-state index contributed by atoms with van der Waals surface area (Å²) in [7, 11) is 0. The summed E-state index contributed by atoms with van der Waals surface area (Å²) in [4.78, 5) is 48.7. The van der Waals surface area contributed by atoms with Crippen molar-refractivity contribution in [3.63, 3.8) is 0 Å². The van der Waals surface area contributed by atoms with Crippen LogP contribution in [-0.2, 0) is 20.9 Å². The van der Waals surface area contributed by atoms with Crippen molar-refractivity contribution < 1.29 is 19.5 Å². The van der Waals surface area contributed by atoms with Crippen molar-refractivity contribution in [2.45, 2.75) is 81.1 Å². The van der Waals surface area contributed by atoms with E-state index >= 15 is 0 Å². The molecule has 0 saturated carbocycles. The smallest absolute Gasteiger partial charge is 0.247 e. The molecular formula is C31H41N3O4S. The van der Waals surface area contributed by atoms with Gasteiger partial charge < -0.3 is 19.8 Å². The molecule has 1 aromatic rings. The Morgan fingerprint density at radius 1 is 1.00 bits per heavy atom. The van der Waals surface area contributed by atoms with Gasteiger partial charge in [0, 0.05) is 30.4 Å². The average molecular weight is 552 g/mol. The zero-order chi connectivity index (χ0) is 27.9. The molecule has 1 N–H and O–H groups in total. The van der Waals surface area contributed by atoms with E-state index in [0.717, 1.165) is 18.4 Å². The molecule has 4 aliphatic rings. The number of hydrogen-bond acceptors (Lipinski definition) is 5. The van der Waals surface area contributed by atoms with Gasteiger partial charge in [-0.2, -0.15) is 0 Å². The number of carbonyl (C=O) groups is 3. The molecule has 0 bridgehead atoms. The molecule has 4 heterocycles. The summed E-state index contributed by atoms with van der Waals surface area (Å²) in [6, 6.07) is 8.70. The maximum absolute atomic E-state index is 14.5. The highest BCUT2D eigenvalue weighted by molar-refractivity contribution is 8.02. The topological polar surface area (TPSA) is 81.2 Å². The summed E-state index contributed by atoms with van der Waals surface area (Å²) >= 11 is 1.60. The van der Waals surface area contributed by atoms with Gasteiger partial charge in [-0.3, -0.25) is 14.4 Å². The molecule has 0 radical (unpaired) electrons. The Labute approximate surface area is 236 Å². The van der Waals surface area contributed by atoms with Crippen molar-refractivity contribution in [1.82, 2.24) is 14.7 Å². The summed E-state index contributed by atoms with van der Waals surface area (Å²) in [5.41, 5.74) is 1.04. The molecule has 2 fully saturated rings. The van der Waals surface area contributed by atoms with E-state index in [4.69, 9.17) is 0 Å². The Morgan fingerprint density at radius 2 is 1.72 bits per heavy atom. The van der Waals surface area contributed by atoms with Crippen LogP contribution in [0.2, 0.25) is 0 Å². The van der Waals surface area contributed by atoms with Crippen LogP contribution < -0.4 is 0 Å². The van der Waals surface area contributed by atoms with Crippen molar-refractivity contribution in [3.8, 4) is 0 Å². The van der Waals surface area contributed by atoms with Gasteiger partial charge in [0.2, 0.25) is 17.7 Å². The van der Waals surface area contributed by atoms with Crippen LogP contribution in [0.4, 0.5) is 0 Å². The predicted octanol–water partition coefficient (Wildman–Crippen LogP) is 3.63. The Kier molecular flexibility index (Phi) is 7.72. The number of amides is 3. The summed E-state index contributed by atoms with van der Waals surface area (Å²) in [6.45, 7) is 9.36. The minimum absolute atomic E-state index is 0.0304. The fourth-order valence-electron chi connectivity index (χ4n) is 7.25. The van der Waals surface area contributed by atoms with E-state index in [1.165, 1.54) is 0 Å². The van der Waals surface area contributed by atoms with Crippen LogP contribution in [-0.4, -0.2) is 84.8 Å². The molecule has 39 heavy (non-hydrogen) atoms. The second kappa shape index (κ2) is 10.8. The molecule has 8 heteroatoms. The fourth-order valence-corrected chi connectivity index (χ4v) is 9.40. The van der Waals surface area contributed by atoms with Gasteiger partial charge in [-0.05, 0) is 32.3 Å². The lowest BCUT2D eigenvalue weighted by Gasteiger charge is -2.40. The highest BCUT2D eigenvalue weighted by Crippen LogP contribution is 2.66. The van der Waals surface area contributed by atoms with Gasteiger partial charge in [-0.15, -0.1) is 11.8 Å². The number of rotatable bonds is 8. The van der Waals surface area contributed by atoms with Crippen molar-refractivity contribution in [2.24, 2.45) is 11.8 Å². The first kappa shape index (κ1) is 28.0. The Morgan fingerprint density at radius 3 is 2.38 bits per heavy atom.